The number of hydrogen-bond acceptors (Lipinski definition) is 4. The second kappa shape index (κ2) is 11.1. The Hall–Kier alpha value is -0.620. The first-order valence-electron chi connectivity index (χ1n) is 6.96. The number of hydrogen-bond donors (Lipinski definition) is 1. The molecule has 5 heteroatoms. The van der Waals surface area contributed by atoms with E-state index in [-0.39, 0.29) is 0 Å². The van der Waals surface area contributed by atoms with Crippen molar-refractivity contribution >= 4 is 15.9 Å². The molecular formula is C15H24BrNO3. The number of methoxy groups -OCH3 is 1. The van der Waals surface area contributed by atoms with E-state index in [4.69, 9.17) is 14.2 Å². The van der Waals surface area contributed by atoms with Crippen molar-refractivity contribution in [3.63, 3.8) is 0 Å². The van der Waals surface area contributed by atoms with Crippen molar-refractivity contribution in [2.24, 2.45) is 0 Å². The number of halogens is 1. The summed E-state index contributed by atoms with van der Waals surface area (Å²) in [6, 6.07) is 6.10. The molecule has 0 amide bonds. The minimum atomic E-state index is 0.639. The molecule has 0 spiro atoms. The molecule has 1 aromatic rings. The molecule has 0 unspecified atom stereocenters. The van der Waals surface area contributed by atoms with Crippen molar-refractivity contribution in [3.8, 4) is 5.75 Å². The Balaban J connectivity index is 2.32. The molecule has 0 bridgehead atoms. The van der Waals surface area contributed by atoms with Gasteiger partial charge in [-0.15, -0.1) is 0 Å². The Bertz CT molecular complexity index is 374. The maximum Gasteiger partial charge on any atom is 0.123 e. The molecule has 0 aromatic heterocycles. The largest absolute Gasteiger partial charge is 0.493 e. The average molecular weight is 346 g/mol. The van der Waals surface area contributed by atoms with Gasteiger partial charge >= 0.3 is 0 Å². The molecule has 0 aliphatic heterocycles. The lowest BCUT2D eigenvalue weighted by Gasteiger charge is -2.12. The van der Waals surface area contributed by atoms with Gasteiger partial charge in [0.1, 0.15) is 5.75 Å². The van der Waals surface area contributed by atoms with Crippen molar-refractivity contribution < 1.29 is 14.2 Å². The Morgan fingerprint density at radius 1 is 1.15 bits per heavy atom. The minimum absolute atomic E-state index is 0.639. The summed E-state index contributed by atoms with van der Waals surface area (Å²) in [5.74, 6) is 0.947. The maximum absolute atomic E-state index is 5.74. The van der Waals surface area contributed by atoms with Gasteiger partial charge in [-0.2, -0.15) is 0 Å². The van der Waals surface area contributed by atoms with Crippen molar-refractivity contribution in [1.82, 2.24) is 5.32 Å². The van der Waals surface area contributed by atoms with E-state index in [0.717, 1.165) is 41.9 Å². The first kappa shape index (κ1) is 17.4. The van der Waals surface area contributed by atoms with E-state index < -0.39 is 0 Å². The predicted octanol–water partition coefficient (Wildman–Crippen LogP) is 2.99. The molecule has 0 aliphatic carbocycles. The second-order valence-corrected chi connectivity index (χ2v) is 5.30. The van der Waals surface area contributed by atoms with Crippen molar-refractivity contribution in [2.75, 3.05) is 40.1 Å². The molecule has 1 rings (SSSR count). The maximum atomic E-state index is 5.74. The van der Waals surface area contributed by atoms with Crippen molar-refractivity contribution in [2.45, 2.75) is 19.9 Å². The molecule has 0 saturated carbocycles. The Morgan fingerprint density at radius 2 is 2.00 bits per heavy atom. The predicted molar refractivity (Wildman–Crippen MR) is 84.3 cm³/mol. The molecule has 4 nitrogen and oxygen atoms in total. The van der Waals surface area contributed by atoms with Crippen LogP contribution in [0, 0.1) is 0 Å². The zero-order valence-corrected chi connectivity index (χ0v) is 13.9. The molecule has 0 atom stereocenters. The van der Waals surface area contributed by atoms with Crippen LogP contribution in [0.3, 0.4) is 0 Å². The molecule has 114 valence electrons. The summed E-state index contributed by atoms with van der Waals surface area (Å²) in [5.41, 5.74) is 1.16. The van der Waals surface area contributed by atoms with Gasteiger partial charge in [-0.1, -0.05) is 22.9 Å². The average Bonchev–Trinajstić information content (AvgIpc) is 2.45. The molecular weight excluding hydrogens is 322 g/mol. The third-order valence-electron chi connectivity index (χ3n) is 2.65. The number of nitrogens with one attached hydrogen (secondary N) is 1. The summed E-state index contributed by atoms with van der Waals surface area (Å²) in [4.78, 5) is 0. The van der Waals surface area contributed by atoms with Gasteiger partial charge < -0.3 is 19.5 Å². The fraction of sp³-hybridized carbons (Fsp3) is 0.600. The van der Waals surface area contributed by atoms with E-state index in [1.165, 1.54) is 0 Å². The number of rotatable bonds is 11. The van der Waals surface area contributed by atoms with Crippen LogP contribution < -0.4 is 10.1 Å². The molecule has 1 N–H and O–H groups in total. The van der Waals surface area contributed by atoms with Crippen LogP contribution in [0.25, 0.3) is 0 Å². The normalized spacial score (nSPS) is 10.8. The van der Waals surface area contributed by atoms with E-state index in [2.05, 4.69) is 34.2 Å². The summed E-state index contributed by atoms with van der Waals surface area (Å²) in [6.07, 6.45) is 1.01. The van der Waals surface area contributed by atoms with Gasteiger partial charge in [0.05, 0.1) is 26.4 Å². The highest BCUT2D eigenvalue weighted by Gasteiger charge is 2.04. The highest BCUT2D eigenvalue weighted by atomic mass is 79.9. The molecule has 1 aromatic carbocycles. The van der Waals surface area contributed by atoms with Gasteiger partial charge in [0.25, 0.3) is 0 Å². The lowest BCUT2D eigenvalue weighted by Crippen LogP contribution is -2.20. The Kier molecular flexibility index (Phi) is 9.66. The van der Waals surface area contributed by atoms with Crippen LogP contribution in [0.5, 0.6) is 5.75 Å². The van der Waals surface area contributed by atoms with E-state index in [0.29, 0.717) is 19.8 Å². The Labute approximate surface area is 129 Å². The van der Waals surface area contributed by atoms with Crippen LogP contribution in [-0.4, -0.2) is 40.1 Å². The number of benzene rings is 1. The summed E-state index contributed by atoms with van der Waals surface area (Å²) in [5, 5.41) is 3.36. The van der Waals surface area contributed by atoms with E-state index >= 15 is 0 Å². The summed E-state index contributed by atoms with van der Waals surface area (Å²) < 4.78 is 17.1. The van der Waals surface area contributed by atoms with Gasteiger partial charge in [-0.3, -0.25) is 0 Å². The fourth-order valence-corrected chi connectivity index (χ4v) is 2.06. The van der Waals surface area contributed by atoms with Crippen LogP contribution in [0.4, 0.5) is 0 Å². The summed E-state index contributed by atoms with van der Waals surface area (Å²) >= 11 is 3.49. The monoisotopic (exact) mass is 345 g/mol. The highest BCUT2D eigenvalue weighted by molar-refractivity contribution is 9.10. The third-order valence-corrected chi connectivity index (χ3v) is 3.15. The summed E-state index contributed by atoms with van der Waals surface area (Å²) in [6.45, 7) is 6.39. The molecule has 0 heterocycles. The fourth-order valence-electron chi connectivity index (χ4n) is 1.65. The van der Waals surface area contributed by atoms with Gasteiger partial charge in [0.2, 0.25) is 0 Å². The van der Waals surface area contributed by atoms with Crippen LogP contribution in [0.15, 0.2) is 22.7 Å². The molecule has 0 radical (unpaired) electrons. The van der Waals surface area contributed by atoms with Gasteiger partial charge in [-0.25, -0.2) is 0 Å². The highest BCUT2D eigenvalue weighted by Crippen LogP contribution is 2.23. The first-order valence-corrected chi connectivity index (χ1v) is 7.75. The topological polar surface area (TPSA) is 39.7 Å². The van der Waals surface area contributed by atoms with Gasteiger partial charge in [0.15, 0.2) is 0 Å². The van der Waals surface area contributed by atoms with Crippen molar-refractivity contribution in [1.29, 1.82) is 0 Å². The van der Waals surface area contributed by atoms with Crippen LogP contribution in [-0.2, 0) is 16.0 Å². The lowest BCUT2D eigenvalue weighted by atomic mass is 10.2. The summed E-state index contributed by atoms with van der Waals surface area (Å²) in [7, 11) is 1.67. The molecule has 0 saturated heterocycles. The van der Waals surface area contributed by atoms with Crippen LogP contribution in [0.2, 0.25) is 0 Å². The van der Waals surface area contributed by atoms with Gasteiger partial charge in [0, 0.05) is 30.2 Å². The van der Waals surface area contributed by atoms with E-state index in [1.54, 1.807) is 7.11 Å². The van der Waals surface area contributed by atoms with E-state index in [9.17, 15) is 0 Å². The zero-order chi connectivity index (χ0) is 14.6. The Morgan fingerprint density at radius 3 is 2.75 bits per heavy atom. The zero-order valence-electron chi connectivity index (χ0n) is 12.3. The first-order chi connectivity index (χ1) is 9.77. The number of ether oxygens (including phenoxy) is 3. The smallest absolute Gasteiger partial charge is 0.123 e. The molecule has 20 heavy (non-hydrogen) atoms. The van der Waals surface area contributed by atoms with Crippen molar-refractivity contribution in [3.05, 3.63) is 28.2 Å². The van der Waals surface area contributed by atoms with Gasteiger partial charge in [-0.05, 0) is 24.6 Å². The van der Waals surface area contributed by atoms with Crippen LogP contribution in [0.1, 0.15) is 18.9 Å². The molecule has 0 aliphatic rings. The quantitative estimate of drug-likeness (QED) is 0.626. The molecule has 0 fully saturated rings. The lowest BCUT2D eigenvalue weighted by molar-refractivity contribution is 0.0719. The second-order valence-electron chi connectivity index (χ2n) is 4.38. The van der Waals surface area contributed by atoms with Crippen LogP contribution >= 0.6 is 15.9 Å². The van der Waals surface area contributed by atoms with E-state index in [1.807, 2.05) is 12.1 Å². The standard InChI is InChI=1S/C15H24BrNO3/c1-3-7-20-15-5-4-14(16)11-13(15)12-17-6-8-19-10-9-18-2/h4-5,11,17H,3,6-10,12H2,1-2H3. The minimum Gasteiger partial charge on any atom is -0.493 e. The third kappa shape index (κ3) is 7.24. The SMILES string of the molecule is CCCOc1ccc(Br)cc1CNCCOCCOC.